The number of hydrogen-bond acceptors (Lipinski definition) is 4. The molecule has 0 bridgehead atoms. The number of nitrogens with zero attached hydrogens (tertiary/aromatic N) is 4. The van der Waals surface area contributed by atoms with Gasteiger partial charge in [0.05, 0.1) is 6.20 Å². The van der Waals surface area contributed by atoms with E-state index in [0.29, 0.717) is 0 Å². The SMILES string of the molecule is Cn1nc(-c2ccc(Oc3ccccc3)cc2)c2nc(Cl)ncc21. The summed E-state index contributed by atoms with van der Waals surface area (Å²) in [6.07, 6.45) is 1.67. The summed E-state index contributed by atoms with van der Waals surface area (Å²) in [6.45, 7) is 0. The Balaban J connectivity index is 1.69. The number of hydrogen-bond donors (Lipinski definition) is 0. The number of fused-ring (bicyclic) bond motifs is 1. The van der Waals surface area contributed by atoms with E-state index in [2.05, 4.69) is 15.1 Å². The van der Waals surface area contributed by atoms with E-state index in [0.717, 1.165) is 33.8 Å². The Morgan fingerprint density at radius 2 is 1.67 bits per heavy atom. The summed E-state index contributed by atoms with van der Waals surface area (Å²) in [4.78, 5) is 8.31. The predicted octanol–water partition coefficient (Wildman–Crippen LogP) is 4.48. The van der Waals surface area contributed by atoms with Crippen LogP contribution in [-0.4, -0.2) is 19.7 Å². The van der Waals surface area contributed by atoms with Gasteiger partial charge in [0.25, 0.3) is 0 Å². The lowest BCUT2D eigenvalue weighted by Crippen LogP contribution is -1.90. The van der Waals surface area contributed by atoms with Crippen LogP contribution in [0.25, 0.3) is 22.3 Å². The molecule has 0 spiro atoms. The van der Waals surface area contributed by atoms with E-state index >= 15 is 0 Å². The molecule has 4 rings (SSSR count). The van der Waals surface area contributed by atoms with Crippen LogP contribution in [0.3, 0.4) is 0 Å². The lowest BCUT2D eigenvalue weighted by molar-refractivity contribution is 0.483. The largest absolute Gasteiger partial charge is 0.457 e. The maximum absolute atomic E-state index is 5.92. The monoisotopic (exact) mass is 336 g/mol. The van der Waals surface area contributed by atoms with Gasteiger partial charge in [-0.05, 0) is 48.0 Å². The molecule has 0 aliphatic heterocycles. The second-order valence-corrected chi connectivity index (χ2v) is 5.62. The van der Waals surface area contributed by atoms with Gasteiger partial charge >= 0.3 is 0 Å². The molecule has 118 valence electrons. The van der Waals surface area contributed by atoms with Crippen molar-refractivity contribution in [1.82, 2.24) is 19.7 Å². The number of para-hydroxylation sites is 1. The van der Waals surface area contributed by atoms with Gasteiger partial charge in [0, 0.05) is 12.6 Å². The van der Waals surface area contributed by atoms with E-state index in [1.54, 1.807) is 10.9 Å². The maximum atomic E-state index is 5.92. The van der Waals surface area contributed by atoms with Crippen molar-refractivity contribution >= 4 is 22.6 Å². The number of rotatable bonds is 3. The van der Waals surface area contributed by atoms with Crippen LogP contribution < -0.4 is 4.74 Å². The Kier molecular flexibility index (Phi) is 3.63. The summed E-state index contributed by atoms with van der Waals surface area (Å²) in [5.41, 5.74) is 3.27. The number of halogens is 1. The first kappa shape index (κ1) is 14.7. The Bertz CT molecular complexity index is 997. The Hall–Kier alpha value is -2.92. The highest BCUT2D eigenvalue weighted by Crippen LogP contribution is 2.29. The third-order valence-corrected chi connectivity index (χ3v) is 3.85. The van der Waals surface area contributed by atoms with Crippen molar-refractivity contribution in [3.05, 3.63) is 66.1 Å². The predicted molar refractivity (Wildman–Crippen MR) is 93.3 cm³/mol. The Labute approximate surface area is 143 Å². The molecule has 5 nitrogen and oxygen atoms in total. The molecule has 6 heteroatoms. The summed E-state index contributed by atoms with van der Waals surface area (Å²) in [7, 11) is 1.86. The van der Waals surface area contributed by atoms with E-state index in [1.807, 2.05) is 61.6 Å². The van der Waals surface area contributed by atoms with Crippen molar-refractivity contribution in [1.29, 1.82) is 0 Å². The highest BCUT2D eigenvalue weighted by Gasteiger charge is 2.13. The minimum atomic E-state index is 0.209. The fourth-order valence-electron chi connectivity index (χ4n) is 2.52. The standard InChI is InChI=1S/C18H13ClN4O/c1-23-15-11-20-18(19)21-17(15)16(22-23)12-7-9-14(10-8-12)24-13-5-3-2-4-6-13/h2-11H,1H3. The molecule has 0 aliphatic rings. The van der Waals surface area contributed by atoms with Crippen LogP contribution in [0.2, 0.25) is 5.28 Å². The van der Waals surface area contributed by atoms with Gasteiger partial charge in [-0.2, -0.15) is 5.10 Å². The van der Waals surface area contributed by atoms with Crippen molar-refractivity contribution in [3.8, 4) is 22.8 Å². The first-order valence-electron chi connectivity index (χ1n) is 7.39. The minimum Gasteiger partial charge on any atom is -0.457 e. The quantitative estimate of drug-likeness (QED) is 0.518. The minimum absolute atomic E-state index is 0.209. The van der Waals surface area contributed by atoms with E-state index < -0.39 is 0 Å². The van der Waals surface area contributed by atoms with Crippen molar-refractivity contribution in [2.45, 2.75) is 0 Å². The molecule has 0 unspecified atom stereocenters. The first-order valence-corrected chi connectivity index (χ1v) is 7.77. The lowest BCUT2D eigenvalue weighted by atomic mass is 10.1. The second-order valence-electron chi connectivity index (χ2n) is 5.28. The zero-order chi connectivity index (χ0) is 16.5. The molecular weight excluding hydrogens is 324 g/mol. The third kappa shape index (κ3) is 2.70. The van der Waals surface area contributed by atoms with Gasteiger partial charge in [0.2, 0.25) is 5.28 Å². The van der Waals surface area contributed by atoms with Crippen molar-refractivity contribution < 1.29 is 4.74 Å². The summed E-state index contributed by atoms with van der Waals surface area (Å²) in [5.74, 6) is 1.56. The fourth-order valence-corrected chi connectivity index (χ4v) is 2.65. The molecular formula is C18H13ClN4O. The smallest absolute Gasteiger partial charge is 0.223 e. The first-order chi connectivity index (χ1) is 11.7. The summed E-state index contributed by atoms with van der Waals surface area (Å²) in [6, 6.07) is 17.4. The zero-order valence-corrected chi connectivity index (χ0v) is 13.6. The molecule has 0 saturated carbocycles. The maximum Gasteiger partial charge on any atom is 0.223 e. The molecule has 2 heterocycles. The van der Waals surface area contributed by atoms with E-state index in [1.165, 1.54) is 0 Å². The number of ether oxygens (including phenoxy) is 1. The summed E-state index contributed by atoms with van der Waals surface area (Å²) < 4.78 is 7.55. The van der Waals surface area contributed by atoms with E-state index in [9.17, 15) is 0 Å². The molecule has 2 aromatic heterocycles. The molecule has 24 heavy (non-hydrogen) atoms. The van der Waals surface area contributed by atoms with Crippen LogP contribution in [0, 0.1) is 0 Å². The van der Waals surface area contributed by atoms with E-state index in [4.69, 9.17) is 16.3 Å². The van der Waals surface area contributed by atoms with Crippen LogP contribution in [0.15, 0.2) is 60.8 Å². The highest BCUT2D eigenvalue weighted by atomic mass is 35.5. The van der Waals surface area contributed by atoms with Gasteiger partial charge in [-0.15, -0.1) is 0 Å². The van der Waals surface area contributed by atoms with Gasteiger partial charge in [-0.25, -0.2) is 9.97 Å². The third-order valence-electron chi connectivity index (χ3n) is 3.67. The van der Waals surface area contributed by atoms with Crippen molar-refractivity contribution in [2.75, 3.05) is 0 Å². The molecule has 0 N–H and O–H groups in total. The lowest BCUT2D eigenvalue weighted by Gasteiger charge is -2.06. The highest BCUT2D eigenvalue weighted by molar-refractivity contribution is 6.28. The van der Waals surface area contributed by atoms with Crippen LogP contribution >= 0.6 is 11.6 Å². The molecule has 0 saturated heterocycles. The molecule has 2 aromatic carbocycles. The Morgan fingerprint density at radius 3 is 2.42 bits per heavy atom. The van der Waals surface area contributed by atoms with Gasteiger partial charge in [0.1, 0.15) is 28.2 Å². The average Bonchev–Trinajstić information content (AvgIpc) is 2.93. The van der Waals surface area contributed by atoms with Crippen LogP contribution in [0.4, 0.5) is 0 Å². The second kappa shape index (κ2) is 5.94. The average molecular weight is 337 g/mol. The fraction of sp³-hybridized carbons (Fsp3) is 0.0556. The van der Waals surface area contributed by atoms with Gasteiger partial charge < -0.3 is 4.74 Å². The van der Waals surface area contributed by atoms with Gasteiger partial charge in [-0.3, -0.25) is 4.68 Å². The number of aromatic nitrogens is 4. The van der Waals surface area contributed by atoms with Gasteiger partial charge in [0.15, 0.2) is 0 Å². The molecule has 0 fully saturated rings. The summed E-state index contributed by atoms with van der Waals surface area (Å²) in [5, 5.41) is 4.74. The Morgan fingerprint density at radius 1 is 0.958 bits per heavy atom. The van der Waals surface area contributed by atoms with Crippen molar-refractivity contribution in [2.24, 2.45) is 7.05 Å². The molecule has 0 amide bonds. The molecule has 0 radical (unpaired) electrons. The normalized spacial score (nSPS) is 10.9. The van der Waals surface area contributed by atoms with E-state index in [-0.39, 0.29) is 5.28 Å². The molecule has 4 aromatic rings. The number of aryl methyl sites for hydroxylation is 1. The number of benzene rings is 2. The van der Waals surface area contributed by atoms with Crippen LogP contribution in [-0.2, 0) is 7.05 Å². The molecule has 0 atom stereocenters. The van der Waals surface area contributed by atoms with Crippen LogP contribution in [0.5, 0.6) is 11.5 Å². The van der Waals surface area contributed by atoms with Gasteiger partial charge in [-0.1, -0.05) is 18.2 Å². The zero-order valence-electron chi connectivity index (χ0n) is 12.8. The molecule has 0 aliphatic carbocycles. The van der Waals surface area contributed by atoms with Crippen molar-refractivity contribution in [3.63, 3.8) is 0 Å². The topological polar surface area (TPSA) is 52.8 Å². The summed E-state index contributed by atoms with van der Waals surface area (Å²) >= 11 is 5.92. The van der Waals surface area contributed by atoms with Crippen LogP contribution in [0.1, 0.15) is 0 Å².